The van der Waals surface area contributed by atoms with Crippen LogP contribution in [0.15, 0.2) is 30.3 Å². The lowest BCUT2D eigenvalue weighted by molar-refractivity contribution is -0.0954. The van der Waals surface area contributed by atoms with Crippen molar-refractivity contribution in [3.63, 3.8) is 0 Å². The van der Waals surface area contributed by atoms with E-state index in [0.717, 1.165) is 19.4 Å². The summed E-state index contributed by atoms with van der Waals surface area (Å²) >= 11 is 0. The van der Waals surface area contributed by atoms with Gasteiger partial charge >= 0.3 is 5.97 Å². The van der Waals surface area contributed by atoms with Crippen molar-refractivity contribution in [2.45, 2.75) is 45.3 Å². The quantitative estimate of drug-likeness (QED) is 0.792. The van der Waals surface area contributed by atoms with E-state index in [1.165, 1.54) is 0 Å². The maximum Gasteiger partial charge on any atom is 0.338 e. The molecule has 0 radical (unpaired) electrons. The minimum absolute atomic E-state index is 0.198. The Balaban J connectivity index is 2.17. The summed E-state index contributed by atoms with van der Waals surface area (Å²) in [5, 5.41) is 0. The molecule has 110 valence electrons. The monoisotopic (exact) mass is 275 g/mol. The van der Waals surface area contributed by atoms with E-state index in [-0.39, 0.29) is 11.6 Å². The van der Waals surface area contributed by atoms with Gasteiger partial charge in [-0.2, -0.15) is 0 Å². The second-order valence-corrected chi connectivity index (χ2v) is 6.07. The van der Waals surface area contributed by atoms with E-state index in [1.807, 2.05) is 30.3 Å². The molecule has 2 rings (SSSR count). The lowest BCUT2D eigenvalue weighted by atomic mass is 9.77. The second kappa shape index (κ2) is 5.96. The minimum Gasteiger partial charge on any atom is -0.455 e. The van der Waals surface area contributed by atoms with Crippen molar-refractivity contribution in [1.82, 2.24) is 4.90 Å². The highest BCUT2D eigenvalue weighted by Gasteiger charge is 2.44. The van der Waals surface area contributed by atoms with Crippen LogP contribution < -0.4 is 0 Å². The number of esters is 1. The summed E-state index contributed by atoms with van der Waals surface area (Å²) < 4.78 is 5.98. The molecule has 1 heterocycles. The molecule has 1 aromatic carbocycles. The highest BCUT2D eigenvalue weighted by atomic mass is 16.6. The highest BCUT2D eigenvalue weighted by molar-refractivity contribution is 5.89. The summed E-state index contributed by atoms with van der Waals surface area (Å²) in [7, 11) is 2.14. The Labute approximate surface area is 121 Å². The average molecular weight is 275 g/mol. The van der Waals surface area contributed by atoms with Gasteiger partial charge < -0.3 is 9.64 Å². The van der Waals surface area contributed by atoms with E-state index in [4.69, 9.17) is 4.74 Å². The van der Waals surface area contributed by atoms with Crippen LogP contribution in [0, 0.1) is 5.92 Å². The molecular formula is C17H25NO2. The summed E-state index contributed by atoms with van der Waals surface area (Å²) in [6.07, 6.45) is 1.77. The SMILES string of the molecule is CC[C@]1(OC(=O)c2ccccc2)C[C@H](C)N(C)C[C@H]1C. The molecule has 1 aromatic rings. The van der Waals surface area contributed by atoms with Gasteiger partial charge in [-0.3, -0.25) is 0 Å². The first kappa shape index (κ1) is 15.0. The van der Waals surface area contributed by atoms with Crippen molar-refractivity contribution in [3.8, 4) is 0 Å². The zero-order valence-electron chi connectivity index (χ0n) is 12.9. The Morgan fingerprint density at radius 2 is 2.00 bits per heavy atom. The number of nitrogens with zero attached hydrogens (tertiary/aromatic N) is 1. The van der Waals surface area contributed by atoms with Gasteiger partial charge in [0.05, 0.1) is 5.56 Å². The number of hydrogen-bond donors (Lipinski definition) is 0. The summed E-state index contributed by atoms with van der Waals surface area (Å²) in [5.41, 5.74) is 0.304. The van der Waals surface area contributed by atoms with Crippen molar-refractivity contribution in [3.05, 3.63) is 35.9 Å². The Kier molecular flexibility index (Phi) is 4.48. The normalized spacial score (nSPS) is 31.0. The summed E-state index contributed by atoms with van der Waals surface area (Å²) in [6.45, 7) is 7.47. The predicted octanol–water partition coefficient (Wildman–Crippen LogP) is 3.35. The van der Waals surface area contributed by atoms with Crippen LogP contribution >= 0.6 is 0 Å². The van der Waals surface area contributed by atoms with Crippen LogP contribution in [0.4, 0.5) is 0 Å². The Morgan fingerprint density at radius 1 is 1.35 bits per heavy atom. The molecule has 0 saturated carbocycles. The van der Waals surface area contributed by atoms with Gasteiger partial charge in [-0.05, 0) is 32.5 Å². The third-order valence-electron chi connectivity index (χ3n) is 4.76. The summed E-state index contributed by atoms with van der Waals surface area (Å²) in [5.74, 6) is 0.150. The number of carbonyl (C=O) groups excluding carboxylic acids is 1. The second-order valence-electron chi connectivity index (χ2n) is 6.07. The molecule has 1 fully saturated rings. The van der Waals surface area contributed by atoms with E-state index in [0.29, 0.717) is 17.5 Å². The molecule has 1 aliphatic rings. The van der Waals surface area contributed by atoms with Gasteiger partial charge in [-0.1, -0.05) is 32.0 Å². The number of ether oxygens (including phenoxy) is 1. The number of piperidine rings is 1. The van der Waals surface area contributed by atoms with E-state index < -0.39 is 0 Å². The standard InChI is InChI=1S/C17H25NO2/c1-5-17(11-14(3)18(4)12-13(17)2)20-16(19)15-9-7-6-8-10-15/h6-10,13-14H,5,11-12H2,1-4H3/t13-,14+,17+/m1/s1. The molecule has 1 aliphatic heterocycles. The lowest BCUT2D eigenvalue weighted by Gasteiger charge is -2.47. The molecule has 0 aromatic heterocycles. The van der Waals surface area contributed by atoms with Gasteiger partial charge in [0.1, 0.15) is 5.60 Å². The van der Waals surface area contributed by atoms with Crippen molar-refractivity contribution in [1.29, 1.82) is 0 Å². The molecule has 20 heavy (non-hydrogen) atoms. The van der Waals surface area contributed by atoms with Gasteiger partial charge in [0.25, 0.3) is 0 Å². The largest absolute Gasteiger partial charge is 0.455 e. The van der Waals surface area contributed by atoms with Crippen molar-refractivity contribution >= 4 is 5.97 Å². The number of carbonyl (C=O) groups is 1. The highest BCUT2D eigenvalue weighted by Crippen LogP contribution is 2.37. The van der Waals surface area contributed by atoms with Crippen LogP contribution in [0.25, 0.3) is 0 Å². The van der Waals surface area contributed by atoms with Crippen LogP contribution in [0.3, 0.4) is 0 Å². The van der Waals surface area contributed by atoms with Crippen LogP contribution in [0.2, 0.25) is 0 Å². The first-order valence-corrected chi connectivity index (χ1v) is 7.47. The smallest absolute Gasteiger partial charge is 0.338 e. The van der Waals surface area contributed by atoms with E-state index in [9.17, 15) is 4.79 Å². The molecule has 0 unspecified atom stereocenters. The molecule has 0 bridgehead atoms. The molecule has 0 N–H and O–H groups in total. The van der Waals surface area contributed by atoms with Crippen LogP contribution in [-0.2, 0) is 4.74 Å². The lowest BCUT2D eigenvalue weighted by Crippen LogP contribution is -2.55. The molecule has 3 atom stereocenters. The van der Waals surface area contributed by atoms with Crippen LogP contribution in [0.5, 0.6) is 0 Å². The summed E-state index contributed by atoms with van der Waals surface area (Å²) in [6, 6.07) is 9.72. The van der Waals surface area contributed by atoms with E-state index >= 15 is 0 Å². The Morgan fingerprint density at radius 3 is 2.60 bits per heavy atom. The fourth-order valence-corrected chi connectivity index (χ4v) is 3.16. The maximum atomic E-state index is 12.4. The Bertz CT molecular complexity index is 459. The van der Waals surface area contributed by atoms with Gasteiger partial charge in [0.2, 0.25) is 0 Å². The first-order valence-electron chi connectivity index (χ1n) is 7.47. The predicted molar refractivity (Wildman–Crippen MR) is 80.8 cm³/mol. The van der Waals surface area contributed by atoms with E-state index in [1.54, 1.807) is 0 Å². The maximum absolute atomic E-state index is 12.4. The van der Waals surface area contributed by atoms with Crippen molar-refractivity contribution in [2.24, 2.45) is 5.92 Å². The fraction of sp³-hybridized carbons (Fsp3) is 0.588. The number of likely N-dealkylation sites (tertiary alicyclic amines) is 1. The molecule has 3 nitrogen and oxygen atoms in total. The number of hydrogen-bond acceptors (Lipinski definition) is 3. The van der Waals surface area contributed by atoms with Crippen molar-refractivity contribution in [2.75, 3.05) is 13.6 Å². The minimum atomic E-state index is -0.334. The van der Waals surface area contributed by atoms with Crippen LogP contribution in [-0.4, -0.2) is 36.1 Å². The van der Waals surface area contributed by atoms with Crippen LogP contribution in [0.1, 0.15) is 44.0 Å². The zero-order valence-corrected chi connectivity index (χ0v) is 12.9. The summed E-state index contributed by atoms with van der Waals surface area (Å²) in [4.78, 5) is 14.7. The molecule has 0 spiro atoms. The number of benzene rings is 1. The molecular weight excluding hydrogens is 250 g/mol. The third kappa shape index (κ3) is 2.88. The number of rotatable bonds is 3. The van der Waals surface area contributed by atoms with Crippen molar-refractivity contribution < 1.29 is 9.53 Å². The van der Waals surface area contributed by atoms with E-state index in [2.05, 4.69) is 32.7 Å². The third-order valence-corrected chi connectivity index (χ3v) is 4.76. The molecule has 0 amide bonds. The molecule has 1 saturated heterocycles. The van der Waals surface area contributed by atoms with Gasteiger partial charge in [-0.15, -0.1) is 0 Å². The van der Waals surface area contributed by atoms with Gasteiger partial charge in [-0.25, -0.2) is 4.79 Å². The Hall–Kier alpha value is -1.35. The zero-order chi connectivity index (χ0) is 14.8. The first-order chi connectivity index (χ1) is 9.48. The molecule has 0 aliphatic carbocycles. The topological polar surface area (TPSA) is 29.5 Å². The van der Waals surface area contributed by atoms with Gasteiger partial charge in [0.15, 0.2) is 0 Å². The molecule has 3 heteroatoms. The van der Waals surface area contributed by atoms with Gasteiger partial charge in [0, 0.05) is 24.9 Å². The fourth-order valence-electron chi connectivity index (χ4n) is 3.16. The average Bonchev–Trinajstić information content (AvgIpc) is 2.45.